The van der Waals surface area contributed by atoms with Crippen LogP contribution in [-0.2, 0) is 16.0 Å². The van der Waals surface area contributed by atoms with E-state index in [4.69, 9.17) is 10.8 Å². The summed E-state index contributed by atoms with van der Waals surface area (Å²) in [5.74, 6) is -1.16. The van der Waals surface area contributed by atoms with Gasteiger partial charge in [0.25, 0.3) is 0 Å². The molecule has 5 nitrogen and oxygen atoms in total. The number of nitrogens with two attached hydrogens (primary N) is 1. The number of amides is 1. The molecule has 0 bridgehead atoms. The Hall–Kier alpha value is -1.88. The third-order valence-corrected chi connectivity index (χ3v) is 4.06. The maximum absolute atomic E-state index is 12.1. The van der Waals surface area contributed by atoms with Gasteiger partial charge in [0.2, 0.25) is 5.91 Å². The lowest BCUT2D eigenvalue weighted by Gasteiger charge is -2.27. The molecule has 1 saturated carbocycles. The molecule has 5 heteroatoms. The Kier molecular flexibility index (Phi) is 5.33. The van der Waals surface area contributed by atoms with Crippen LogP contribution in [0.1, 0.15) is 31.2 Å². The number of aliphatic carboxylic acids is 1. The summed E-state index contributed by atoms with van der Waals surface area (Å²) in [6, 6.07) is 9.16. The van der Waals surface area contributed by atoms with E-state index in [9.17, 15) is 9.59 Å². The summed E-state index contributed by atoms with van der Waals surface area (Å²) >= 11 is 0. The Morgan fingerprint density at radius 3 is 2.38 bits per heavy atom. The van der Waals surface area contributed by atoms with Gasteiger partial charge in [-0.15, -0.1) is 0 Å². The average molecular weight is 290 g/mol. The summed E-state index contributed by atoms with van der Waals surface area (Å²) in [5, 5.41) is 11.9. The zero-order chi connectivity index (χ0) is 15.2. The monoisotopic (exact) mass is 290 g/mol. The average Bonchev–Trinajstić information content (AvgIpc) is 2.48. The van der Waals surface area contributed by atoms with E-state index in [0.717, 1.165) is 5.56 Å². The second kappa shape index (κ2) is 7.22. The summed E-state index contributed by atoms with van der Waals surface area (Å²) < 4.78 is 0. The van der Waals surface area contributed by atoms with Crippen molar-refractivity contribution in [2.24, 2.45) is 11.7 Å². The van der Waals surface area contributed by atoms with Crippen molar-refractivity contribution in [3.05, 3.63) is 35.9 Å². The lowest BCUT2D eigenvalue weighted by molar-refractivity contribution is -0.142. The van der Waals surface area contributed by atoms with Crippen LogP contribution < -0.4 is 11.1 Å². The first-order chi connectivity index (χ1) is 10.1. The van der Waals surface area contributed by atoms with E-state index in [1.54, 1.807) is 0 Å². The number of carbonyl (C=O) groups is 2. The number of carboxylic acid groups (broad SMARTS) is 1. The summed E-state index contributed by atoms with van der Waals surface area (Å²) in [6.45, 7) is 0. The molecule has 1 aromatic rings. The number of carbonyl (C=O) groups excluding carboxylic acids is 1. The molecule has 1 aliphatic carbocycles. The second-order valence-electron chi connectivity index (χ2n) is 5.69. The Morgan fingerprint density at radius 2 is 1.81 bits per heavy atom. The van der Waals surface area contributed by atoms with Crippen LogP contribution >= 0.6 is 0 Å². The first-order valence-corrected chi connectivity index (χ1v) is 7.39. The molecule has 1 amide bonds. The Labute approximate surface area is 124 Å². The topological polar surface area (TPSA) is 92.4 Å². The van der Waals surface area contributed by atoms with Gasteiger partial charge in [-0.1, -0.05) is 30.3 Å². The maximum Gasteiger partial charge on any atom is 0.306 e. The molecule has 0 aliphatic heterocycles. The molecule has 21 heavy (non-hydrogen) atoms. The number of hydrogen-bond acceptors (Lipinski definition) is 3. The molecule has 1 fully saturated rings. The summed E-state index contributed by atoms with van der Waals surface area (Å²) in [6.07, 6.45) is 3.17. The molecule has 0 unspecified atom stereocenters. The lowest BCUT2D eigenvalue weighted by Crippen LogP contribution is -2.47. The van der Waals surface area contributed by atoms with Crippen molar-refractivity contribution >= 4 is 11.9 Å². The second-order valence-corrected chi connectivity index (χ2v) is 5.69. The van der Waals surface area contributed by atoms with Crippen LogP contribution in [0.3, 0.4) is 0 Å². The quantitative estimate of drug-likeness (QED) is 0.762. The van der Waals surface area contributed by atoms with Gasteiger partial charge in [-0.25, -0.2) is 0 Å². The fourth-order valence-corrected chi connectivity index (χ4v) is 2.75. The first kappa shape index (κ1) is 15.5. The van der Waals surface area contributed by atoms with Gasteiger partial charge in [0.1, 0.15) is 0 Å². The lowest BCUT2D eigenvalue weighted by atomic mass is 9.86. The Bertz CT molecular complexity index is 482. The van der Waals surface area contributed by atoms with Crippen LogP contribution in [0.4, 0.5) is 0 Å². The van der Waals surface area contributed by atoms with Crippen LogP contribution in [0.25, 0.3) is 0 Å². The number of nitrogens with one attached hydrogen (secondary N) is 1. The van der Waals surface area contributed by atoms with Gasteiger partial charge < -0.3 is 16.2 Å². The highest BCUT2D eigenvalue weighted by molar-refractivity contribution is 5.82. The standard InChI is InChI=1S/C16H22N2O3/c17-14(10-11-4-2-1-3-5-11)15(19)18-13-8-6-12(7-9-13)16(20)21/h1-5,12-14H,6-10,17H2,(H,18,19)(H,20,21)/t12?,13?,14-/m0/s1. The molecule has 1 aromatic carbocycles. The SMILES string of the molecule is N[C@@H](Cc1ccccc1)C(=O)NC1CCC(C(=O)O)CC1. The van der Waals surface area contributed by atoms with Crippen LogP contribution in [0.2, 0.25) is 0 Å². The third kappa shape index (κ3) is 4.56. The van der Waals surface area contributed by atoms with Gasteiger partial charge >= 0.3 is 5.97 Å². The third-order valence-electron chi connectivity index (χ3n) is 4.06. The van der Waals surface area contributed by atoms with Crippen molar-refractivity contribution in [3.63, 3.8) is 0 Å². The molecule has 0 saturated heterocycles. The zero-order valence-corrected chi connectivity index (χ0v) is 12.0. The van der Waals surface area contributed by atoms with Crippen molar-refractivity contribution in [1.29, 1.82) is 0 Å². The molecule has 114 valence electrons. The predicted molar refractivity (Wildman–Crippen MR) is 79.6 cm³/mol. The summed E-state index contributed by atoms with van der Waals surface area (Å²) in [5.41, 5.74) is 6.97. The van der Waals surface area contributed by atoms with E-state index in [-0.39, 0.29) is 17.9 Å². The fraction of sp³-hybridized carbons (Fsp3) is 0.500. The van der Waals surface area contributed by atoms with Crippen LogP contribution in [0.5, 0.6) is 0 Å². The Balaban J connectivity index is 1.78. The van der Waals surface area contributed by atoms with Gasteiger partial charge in [-0.05, 0) is 37.7 Å². The molecular formula is C16H22N2O3. The minimum atomic E-state index is -0.736. The molecule has 1 aliphatic rings. The normalized spacial score (nSPS) is 23.3. The van der Waals surface area contributed by atoms with Gasteiger partial charge in [0, 0.05) is 6.04 Å². The summed E-state index contributed by atoms with van der Waals surface area (Å²) in [7, 11) is 0. The van der Waals surface area contributed by atoms with Crippen molar-refractivity contribution in [1.82, 2.24) is 5.32 Å². The number of hydrogen-bond donors (Lipinski definition) is 3. The van der Waals surface area contributed by atoms with Crippen LogP contribution in [0, 0.1) is 5.92 Å². The maximum atomic E-state index is 12.1. The van der Waals surface area contributed by atoms with Gasteiger partial charge in [0.05, 0.1) is 12.0 Å². The fourth-order valence-electron chi connectivity index (χ4n) is 2.75. The number of carboxylic acids is 1. The first-order valence-electron chi connectivity index (χ1n) is 7.39. The minimum absolute atomic E-state index is 0.0509. The molecule has 2 rings (SSSR count). The zero-order valence-electron chi connectivity index (χ0n) is 12.0. The van der Waals surface area contributed by atoms with Crippen molar-refractivity contribution in [3.8, 4) is 0 Å². The van der Waals surface area contributed by atoms with Gasteiger partial charge in [-0.2, -0.15) is 0 Å². The largest absolute Gasteiger partial charge is 0.481 e. The van der Waals surface area contributed by atoms with Crippen molar-refractivity contribution < 1.29 is 14.7 Å². The van der Waals surface area contributed by atoms with E-state index in [1.165, 1.54) is 0 Å². The highest BCUT2D eigenvalue weighted by Gasteiger charge is 2.27. The number of rotatable bonds is 5. The molecular weight excluding hydrogens is 268 g/mol. The van der Waals surface area contributed by atoms with E-state index in [2.05, 4.69) is 5.32 Å². The highest BCUT2D eigenvalue weighted by atomic mass is 16.4. The number of benzene rings is 1. The van der Waals surface area contributed by atoms with E-state index in [1.807, 2.05) is 30.3 Å². The molecule has 0 radical (unpaired) electrons. The van der Waals surface area contributed by atoms with Crippen molar-refractivity contribution in [2.45, 2.75) is 44.2 Å². The van der Waals surface area contributed by atoms with Crippen LogP contribution in [0.15, 0.2) is 30.3 Å². The van der Waals surface area contributed by atoms with Crippen LogP contribution in [-0.4, -0.2) is 29.1 Å². The molecule has 0 aromatic heterocycles. The molecule has 1 atom stereocenters. The minimum Gasteiger partial charge on any atom is -0.481 e. The van der Waals surface area contributed by atoms with E-state index in [0.29, 0.717) is 32.1 Å². The smallest absolute Gasteiger partial charge is 0.306 e. The van der Waals surface area contributed by atoms with Gasteiger partial charge in [0.15, 0.2) is 0 Å². The molecule has 0 heterocycles. The molecule has 4 N–H and O–H groups in total. The molecule has 0 spiro atoms. The van der Waals surface area contributed by atoms with E-state index >= 15 is 0 Å². The highest BCUT2D eigenvalue weighted by Crippen LogP contribution is 2.24. The predicted octanol–water partition coefficient (Wildman–Crippen LogP) is 1.32. The Morgan fingerprint density at radius 1 is 1.19 bits per heavy atom. The van der Waals surface area contributed by atoms with E-state index < -0.39 is 12.0 Å². The van der Waals surface area contributed by atoms with Gasteiger partial charge in [-0.3, -0.25) is 9.59 Å². The van der Waals surface area contributed by atoms with Crippen molar-refractivity contribution in [2.75, 3.05) is 0 Å². The summed E-state index contributed by atoms with van der Waals surface area (Å²) in [4.78, 5) is 23.0.